The van der Waals surface area contributed by atoms with Crippen molar-refractivity contribution in [2.24, 2.45) is 0 Å². The van der Waals surface area contributed by atoms with Gasteiger partial charge in [-0.2, -0.15) is 5.10 Å². The first-order valence-corrected chi connectivity index (χ1v) is 5.13. The van der Waals surface area contributed by atoms with Crippen LogP contribution >= 0.6 is 0 Å². The first-order chi connectivity index (χ1) is 6.79. The van der Waals surface area contributed by atoms with E-state index in [1.165, 1.54) is 6.42 Å². The number of aromatic nitrogens is 2. The van der Waals surface area contributed by atoms with Gasteiger partial charge in [0.2, 0.25) is 0 Å². The normalized spacial score (nSPS) is 23.1. The average Bonchev–Trinajstić information content (AvgIpc) is 2.74. The van der Waals surface area contributed by atoms with E-state index in [4.69, 9.17) is 5.11 Å². The summed E-state index contributed by atoms with van der Waals surface area (Å²) >= 11 is 0. The number of hydrogen-bond donors (Lipinski definition) is 2. The highest BCUT2D eigenvalue weighted by atomic mass is 16.3. The number of aliphatic hydroxyl groups is 1. The van der Waals surface area contributed by atoms with Gasteiger partial charge in [-0.25, -0.2) is 0 Å². The lowest BCUT2D eigenvalue weighted by molar-refractivity contribution is 0.298. The summed E-state index contributed by atoms with van der Waals surface area (Å²) in [6.45, 7) is 2.45. The van der Waals surface area contributed by atoms with Gasteiger partial charge >= 0.3 is 0 Å². The number of likely N-dealkylation sites (tertiary alicyclic amines) is 1. The lowest BCUT2D eigenvalue weighted by atomic mass is 10.0. The third kappa shape index (κ3) is 1.96. The van der Waals surface area contributed by atoms with Crippen molar-refractivity contribution in [1.29, 1.82) is 0 Å². The Labute approximate surface area is 83.9 Å². The predicted molar refractivity (Wildman–Crippen MR) is 54.2 cm³/mol. The SMILES string of the molecule is CN1CC[C@@H](c2cc(CCO)[nH]n2)C1. The van der Waals surface area contributed by atoms with Gasteiger partial charge in [0.25, 0.3) is 0 Å². The van der Waals surface area contributed by atoms with Crippen molar-refractivity contribution >= 4 is 0 Å². The molecule has 1 aliphatic heterocycles. The Kier molecular flexibility index (Phi) is 2.84. The third-order valence-corrected chi connectivity index (χ3v) is 2.84. The molecule has 78 valence electrons. The maximum Gasteiger partial charge on any atom is 0.0669 e. The molecule has 4 nitrogen and oxygen atoms in total. The maximum absolute atomic E-state index is 8.78. The average molecular weight is 195 g/mol. The van der Waals surface area contributed by atoms with E-state index in [1.54, 1.807) is 0 Å². The molecule has 4 heteroatoms. The van der Waals surface area contributed by atoms with Crippen molar-refractivity contribution in [3.63, 3.8) is 0 Å². The summed E-state index contributed by atoms with van der Waals surface area (Å²) in [5.74, 6) is 0.573. The van der Waals surface area contributed by atoms with Gasteiger partial charge in [-0.1, -0.05) is 0 Å². The fourth-order valence-corrected chi connectivity index (χ4v) is 2.01. The minimum atomic E-state index is 0.187. The maximum atomic E-state index is 8.78. The fourth-order valence-electron chi connectivity index (χ4n) is 2.01. The van der Waals surface area contributed by atoms with Crippen LogP contribution in [0.2, 0.25) is 0 Å². The molecule has 0 saturated carbocycles. The van der Waals surface area contributed by atoms with Gasteiger partial charge in [-0.05, 0) is 26.1 Å². The molecule has 2 rings (SSSR count). The van der Waals surface area contributed by atoms with Gasteiger partial charge in [-0.3, -0.25) is 5.10 Å². The van der Waals surface area contributed by atoms with E-state index in [0.717, 1.165) is 24.5 Å². The lowest BCUT2D eigenvalue weighted by Gasteiger charge is -2.06. The molecule has 1 aromatic rings. The smallest absolute Gasteiger partial charge is 0.0669 e. The summed E-state index contributed by atoms with van der Waals surface area (Å²) in [6, 6.07) is 2.08. The van der Waals surface area contributed by atoms with Crippen molar-refractivity contribution in [1.82, 2.24) is 15.1 Å². The molecule has 0 bridgehead atoms. The number of nitrogens with zero attached hydrogens (tertiary/aromatic N) is 2. The van der Waals surface area contributed by atoms with E-state index in [1.807, 2.05) is 0 Å². The second-order valence-electron chi connectivity index (χ2n) is 4.04. The molecular weight excluding hydrogens is 178 g/mol. The van der Waals surface area contributed by atoms with Gasteiger partial charge < -0.3 is 10.0 Å². The molecule has 14 heavy (non-hydrogen) atoms. The first-order valence-electron chi connectivity index (χ1n) is 5.13. The summed E-state index contributed by atoms with van der Waals surface area (Å²) in [5, 5.41) is 16.0. The van der Waals surface area contributed by atoms with E-state index in [2.05, 4.69) is 28.2 Å². The molecule has 2 heterocycles. The number of hydrogen-bond acceptors (Lipinski definition) is 3. The molecule has 0 amide bonds. The van der Waals surface area contributed by atoms with Crippen LogP contribution < -0.4 is 0 Å². The number of aliphatic hydroxyl groups excluding tert-OH is 1. The molecule has 1 aliphatic rings. The Morgan fingerprint density at radius 2 is 2.57 bits per heavy atom. The van der Waals surface area contributed by atoms with Gasteiger partial charge in [0.05, 0.1) is 5.69 Å². The molecular formula is C10H17N3O. The molecule has 0 aliphatic carbocycles. The molecule has 1 atom stereocenters. The number of aromatic amines is 1. The van der Waals surface area contributed by atoms with Gasteiger partial charge in [0.1, 0.15) is 0 Å². The molecule has 0 unspecified atom stereocenters. The van der Waals surface area contributed by atoms with Crippen molar-refractivity contribution < 1.29 is 5.11 Å². The summed E-state index contributed by atoms with van der Waals surface area (Å²) < 4.78 is 0. The van der Waals surface area contributed by atoms with Crippen LogP contribution in [0.25, 0.3) is 0 Å². The molecule has 1 aromatic heterocycles. The second-order valence-corrected chi connectivity index (χ2v) is 4.04. The predicted octanol–water partition coefficient (Wildman–Crippen LogP) is 0.364. The van der Waals surface area contributed by atoms with E-state index < -0.39 is 0 Å². The van der Waals surface area contributed by atoms with Gasteiger partial charge in [0.15, 0.2) is 0 Å². The highest BCUT2D eigenvalue weighted by molar-refractivity contribution is 5.15. The van der Waals surface area contributed by atoms with Crippen LogP contribution in [-0.4, -0.2) is 46.9 Å². The Morgan fingerprint density at radius 1 is 1.71 bits per heavy atom. The summed E-state index contributed by atoms with van der Waals surface area (Å²) in [5.41, 5.74) is 2.19. The highest BCUT2D eigenvalue weighted by Crippen LogP contribution is 2.24. The zero-order chi connectivity index (χ0) is 9.97. The van der Waals surface area contributed by atoms with Crippen LogP contribution in [-0.2, 0) is 6.42 Å². The number of nitrogens with one attached hydrogen (secondary N) is 1. The quantitative estimate of drug-likeness (QED) is 0.732. The Morgan fingerprint density at radius 3 is 3.21 bits per heavy atom. The summed E-state index contributed by atoms with van der Waals surface area (Å²) in [6.07, 6.45) is 1.87. The Balaban J connectivity index is 2.02. The molecule has 0 aromatic carbocycles. The molecule has 1 fully saturated rings. The number of H-pyrrole nitrogens is 1. The van der Waals surface area contributed by atoms with E-state index >= 15 is 0 Å². The van der Waals surface area contributed by atoms with Crippen LogP contribution in [0, 0.1) is 0 Å². The van der Waals surface area contributed by atoms with Crippen molar-refractivity contribution in [3.05, 3.63) is 17.5 Å². The topological polar surface area (TPSA) is 52.1 Å². The van der Waals surface area contributed by atoms with Crippen LogP contribution in [0.1, 0.15) is 23.7 Å². The lowest BCUT2D eigenvalue weighted by Crippen LogP contribution is -2.13. The van der Waals surface area contributed by atoms with Crippen LogP contribution in [0.3, 0.4) is 0 Å². The molecule has 0 spiro atoms. The second kappa shape index (κ2) is 4.11. The summed E-state index contributed by atoms with van der Waals surface area (Å²) in [4.78, 5) is 2.32. The van der Waals surface area contributed by atoms with Gasteiger partial charge in [0, 0.05) is 31.2 Å². The van der Waals surface area contributed by atoms with E-state index in [9.17, 15) is 0 Å². The van der Waals surface area contributed by atoms with Gasteiger partial charge in [-0.15, -0.1) is 0 Å². The van der Waals surface area contributed by atoms with E-state index in [0.29, 0.717) is 12.3 Å². The number of likely N-dealkylation sites (N-methyl/N-ethyl adjacent to an activating group) is 1. The van der Waals surface area contributed by atoms with Crippen molar-refractivity contribution in [3.8, 4) is 0 Å². The number of rotatable bonds is 3. The van der Waals surface area contributed by atoms with Crippen molar-refractivity contribution in [2.75, 3.05) is 26.7 Å². The molecule has 0 radical (unpaired) electrons. The zero-order valence-electron chi connectivity index (χ0n) is 8.53. The molecule has 1 saturated heterocycles. The Bertz CT molecular complexity index is 297. The first kappa shape index (κ1) is 9.68. The van der Waals surface area contributed by atoms with Crippen LogP contribution in [0.15, 0.2) is 6.07 Å². The monoisotopic (exact) mass is 195 g/mol. The fraction of sp³-hybridized carbons (Fsp3) is 0.700. The van der Waals surface area contributed by atoms with Crippen LogP contribution in [0.5, 0.6) is 0 Å². The minimum Gasteiger partial charge on any atom is -0.396 e. The Hall–Kier alpha value is -0.870. The molecule has 2 N–H and O–H groups in total. The summed E-state index contributed by atoms with van der Waals surface area (Å²) in [7, 11) is 2.14. The van der Waals surface area contributed by atoms with Crippen molar-refractivity contribution in [2.45, 2.75) is 18.8 Å². The third-order valence-electron chi connectivity index (χ3n) is 2.84. The minimum absolute atomic E-state index is 0.187. The standard InChI is InChI=1S/C10H17N3O/c1-13-4-2-8(7-13)10-6-9(3-5-14)11-12-10/h6,8,14H,2-5,7H2,1H3,(H,11,12)/t8-/m1/s1. The highest BCUT2D eigenvalue weighted by Gasteiger charge is 2.22. The van der Waals surface area contributed by atoms with E-state index in [-0.39, 0.29) is 6.61 Å². The van der Waals surface area contributed by atoms with Crippen LogP contribution in [0.4, 0.5) is 0 Å². The largest absolute Gasteiger partial charge is 0.396 e. The zero-order valence-corrected chi connectivity index (χ0v) is 8.53.